The SMILES string of the molecule is COc1ccc(-c2nn(-c3cccc(F)c3)c(-c3ccc(OC)c(OC)c3)c2Cl)cc1OC. The number of aromatic nitrogens is 2. The van der Waals surface area contributed by atoms with Crippen molar-refractivity contribution in [1.82, 2.24) is 9.78 Å². The van der Waals surface area contributed by atoms with Crippen LogP contribution in [0.4, 0.5) is 4.39 Å². The zero-order chi connectivity index (χ0) is 23.5. The average molecular weight is 469 g/mol. The average Bonchev–Trinajstić information content (AvgIpc) is 3.20. The fraction of sp³-hybridized carbons (Fsp3) is 0.160. The summed E-state index contributed by atoms with van der Waals surface area (Å²) in [7, 11) is 6.25. The molecule has 0 unspecified atom stereocenters. The van der Waals surface area contributed by atoms with E-state index in [0.717, 1.165) is 11.1 Å². The molecule has 8 heteroatoms. The van der Waals surface area contributed by atoms with Crippen molar-refractivity contribution in [2.75, 3.05) is 28.4 Å². The van der Waals surface area contributed by atoms with Crippen LogP contribution in [0.1, 0.15) is 0 Å². The van der Waals surface area contributed by atoms with Crippen molar-refractivity contribution in [3.63, 3.8) is 0 Å². The summed E-state index contributed by atoms with van der Waals surface area (Å²) >= 11 is 6.91. The number of rotatable bonds is 7. The largest absolute Gasteiger partial charge is 0.493 e. The van der Waals surface area contributed by atoms with Crippen LogP contribution in [-0.2, 0) is 0 Å². The van der Waals surface area contributed by atoms with Gasteiger partial charge in [-0.2, -0.15) is 5.10 Å². The van der Waals surface area contributed by atoms with Crippen molar-refractivity contribution in [2.24, 2.45) is 0 Å². The van der Waals surface area contributed by atoms with Crippen LogP contribution in [-0.4, -0.2) is 38.2 Å². The highest BCUT2D eigenvalue weighted by Crippen LogP contribution is 2.42. The van der Waals surface area contributed by atoms with E-state index in [1.165, 1.54) is 12.1 Å². The van der Waals surface area contributed by atoms with Gasteiger partial charge in [0.1, 0.15) is 11.5 Å². The van der Waals surface area contributed by atoms with Gasteiger partial charge in [-0.15, -0.1) is 0 Å². The van der Waals surface area contributed by atoms with Crippen LogP contribution < -0.4 is 18.9 Å². The lowest BCUT2D eigenvalue weighted by molar-refractivity contribution is 0.355. The number of ether oxygens (including phenoxy) is 4. The Labute approximate surface area is 196 Å². The lowest BCUT2D eigenvalue weighted by atomic mass is 10.1. The molecule has 3 aromatic carbocycles. The third-order valence-corrected chi connectivity index (χ3v) is 5.55. The summed E-state index contributed by atoms with van der Waals surface area (Å²) in [6.07, 6.45) is 0. The monoisotopic (exact) mass is 468 g/mol. The van der Waals surface area contributed by atoms with E-state index >= 15 is 0 Å². The summed E-state index contributed by atoms with van der Waals surface area (Å²) in [6.45, 7) is 0. The molecule has 4 aromatic rings. The molecule has 1 heterocycles. The molecule has 1 aromatic heterocycles. The maximum Gasteiger partial charge on any atom is 0.161 e. The lowest BCUT2D eigenvalue weighted by Crippen LogP contribution is -2.00. The molecule has 0 spiro atoms. The molecular formula is C25H22ClFN2O4. The molecule has 33 heavy (non-hydrogen) atoms. The van der Waals surface area contributed by atoms with Crippen LogP contribution >= 0.6 is 11.6 Å². The molecule has 0 aliphatic heterocycles. The summed E-state index contributed by atoms with van der Waals surface area (Å²) < 4.78 is 37.3. The molecule has 6 nitrogen and oxygen atoms in total. The summed E-state index contributed by atoms with van der Waals surface area (Å²) in [4.78, 5) is 0. The van der Waals surface area contributed by atoms with Gasteiger partial charge < -0.3 is 18.9 Å². The second-order valence-electron chi connectivity index (χ2n) is 7.04. The summed E-state index contributed by atoms with van der Waals surface area (Å²) in [6, 6.07) is 17.0. The van der Waals surface area contributed by atoms with E-state index in [-0.39, 0.29) is 5.82 Å². The van der Waals surface area contributed by atoms with Crippen molar-refractivity contribution in [2.45, 2.75) is 0 Å². The Morgan fingerprint density at radius 1 is 0.727 bits per heavy atom. The van der Waals surface area contributed by atoms with Gasteiger partial charge in [0.15, 0.2) is 23.0 Å². The van der Waals surface area contributed by atoms with Crippen molar-refractivity contribution < 1.29 is 23.3 Å². The summed E-state index contributed by atoms with van der Waals surface area (Å²) in [5.74, 6) is 1.85. The van der Waals surface area contributed by atoms with E-state index in [1.54, 1.807) is 69.5 Å². The predicted molar refractivity (Wildman–Crippen MR) is 126 cm³/mol. The van der Waals surface area contributed by atoms with Gasteiger partial charge in [-0.1, -0.05) is 17.7 Å². The number of nitrogens with zero attached hydrogens (tertiary/aromatic N) is 2. The molecule has 170 valence electrons. The molecule has 0 aliphatic carbocycles. The molecule has 0 bridgehead atoms. The third kappa shape index (κ3) is 4.19. The quantitative estimate of drug-likeness (QED) is 0.331. The first kappa shape index (κ1) is 22.5. The first-order chi connectivity index (χ1) is 16.0. The number of methoxy groups -OCH3 is 4. The highest BCUT2D eigenvalue weighted by molar-refractivity contribution is 6.35. The first-order valence-electron chi connectivity index (χ1n) is 10.00. The van der Waals surface area contributed by atoms with Gasteiger partial charge in [-0.25, -0.2) is 9.07 Å². The molecule has 4 rings (SSSR count). The highest BCUT2D eigenvalue weighted by Gasteiger charge is 2.22. The zero-order valence-corrected chi connectivity index (χ0v) is 19.3. The molecule has 0 aliphatic rings. The van der Waals surface area contributed by atoms with Gasteiger partial charge in [-0.05, 0) is 54.6 Å². The minimum absolute atomic E-state index is 0.384. The van der Waals surface area contributed by atoms with Gasteiger partial charge in [0, 0.05) is 11.1 Å². The Morgan fingerprint density at radius 2 is 1.30 bits per heavy atom. The maximum atomic E-state index is 14.1. The second-order valence-corrected chi connectivity index (χ2v) is 7.42. The van der Waals surface area contributed by atoms with Crippen LogP contribution in [0.3, 0.4) is 0 Å². The third-order valence-electron chi connectivity index (χ3n) is 5.19. The molecule has 0 N–H and O–H groups in total. The van der Waals surface area contributed by atoms with Crippen LogP contribution in [0.15, 0.2) is 60.7 Å². The van der Waals surface area contributed by atoms with E-state index < -0.39 is 0 Å². The van der Waals surface area contributed by atoms with Crippen molar-refractivity contribution >= 4 is 11.6 Å². The molecule has 0 atom stereocenters. The molecule has 0 amide bonds. The Balaban J connectivity index is 1.97. The second kappa shape index (κ2) is 9.42. The Kier molecular flexibility index (Phi) is 6.42. The highest BCUT2D eigenvalue weighted by atomic mass is 35.5. The van der Waals surface area contributed by atoms with E-state index in [9.17, 15) is 4.39 Å². The van der Waals surface area contributed by atoms with Gasteiger partial charge in [0.05, 0.1) is 44.8 Å². The van der Waals surface area contributed by atoms with E-state index in [1.807, 2.05) is 12.1 Å². The van der Waals surface area contributed by atoms with E-state index in [2.05, 4.69) is 0 Å². The van der Waals surface area contributed by atoms with E-state index in [4.69, 9.17) is 35.6 Å². The number of hydrogen-bond donors (Lipinski definition) is 0. The fourth-order valence-corrected chi connectivity index (χ4v) is 3.93. The molecular weight excluding hydrogens is 447 g/mol. The molecule has 0 fully saturated rings. The number of halogens is 2. The smallest absolute Gasteiger partial charge is 0.161 e. The van der Waals surface area contributed by atoms with Crippen LogP contribution in [0.25, 0.3) is 28.2 Å². The minimum atomic E-state index is -0.384. The van der Waals surface area contributed by atoms with Crippen molar-refractivity contribution in [3.8, 4) is 51.2 Å². The first-order valence-corrected chi connectivity index (χ1v) is 10.4. The molecule has 0 saturated heterocycles. The molecule has 0 radical (unpaired) electrons. The standard InChI is InChI=1S/C25H22ClFN2O4/c1-30-19-10-8-15(12-21(19)32-3)24-23(26)25(16-9-11-20(31-2)22(13-16)33-4)29(28-24)18-7-5-6-17(27)14-18/h5-14H,1-4H3. The van der Waals surface area contributed by atoms with Crippen LogP contribution in [0.5, 0.6) is 23.0 Å². The van der Waals surface area contributed by atoms with Crippen LogP contribution in [0.2, 0.25) is 5.02 Å². The van der Waals surface area contributed by atoms with Gasteiger partial charge in [-0.3, -0.25) is 0 Å². The Bertz CT molecular complexity index is 1310. The van der Waals surface area contributed by atoms with Gasteiger partial charge in [0.2, 0.25) is 0 Å². The Hall–Kier alpha value is -3.71. The fourth-order valence-electron chi connectivity index (χ4n) is 3.59. The van der Waals surface area contributed by atoms with Gasteiger partial charge >= 0.3 is 0 Å². The Morgan fingerprint density at radius 3 is 1.88 bits per heavy atom. The van der Waals surface area contributed by atoms with Crippen molar-refractivity contribution in [1.29, 1.82) is 0 Å². The zero-order valence-electron chi connectivity index (χ0n) is 18.6. The topological polar surface area (TPSA) is 54.7 Å². The van der Waals surface area contributed by atoms with Gasteiger partial charge in [0.25, 0.3) is 0 Å². The lowest BCUT2D eigenvalue weighted by Gasteiger charge is -2.12. The predicted octanol–water partition coefficient (Wildman–Crippen LogP) is 6.03. The summed E-state index contributed by atoms with van der Waals surface area (Å²) in [5, 5.41) is 5.13. The van der Waals surface area contributed by atoms with Crippen LogP contribution in [0, 0.1) is 5.82 Å². The van der Waals surface area contributed by atoms with Crippen molar-refractivity contribution in [3.05, 3.63) is 71.5 Å². The number of hydrogen-bond acceptors (Lipinski definition) is 5. The molecule has 0 saturated carbocycles. The summed E-state index contributed by atoms with van der Waals surface area (Å²) in [5.41, 5.74) is 3.05. The normalized spacial score (nSPS) is 10.7. The number of benzene rings is 3. The maximum absolute atomic E-state index is 14.1. The van der Waals surface area contributed by atoms with E-state index in [0.29, 0.717) is 45.1 Å². The minimum Gasteiger partial charge on any atom is -0.493 e.